The third-order valence-corrected chi connectivity index (χ3v) is 4.38. The van der Waals surface area contributed by atoms with Crippen LogP contribution in [0.2, 0.25) is 0 Å². The number of carbonyl (C=O) groups is 1. The number of aromatic carboxylic acids is 1. The fourth-order valence-electron chi connectivity index (χ4n) is 2.74. The van der Waals surface area contributed by atoms with E-state index in [9.17, 15) is 9.90 Å². The molecule has 0 saturated carbocycles. The Morgan fingerprint density at radius 3 is 2.96 bits per heavy atom. The van der Waals surface area contributed by atoms with Gasteiger partial charge in [0, 0.05) is 13.1 Å². The monoisotopic (exact) mass is 332 g/mol. The van der Waals surface area contributed by atoms with Crippen LogP contribution in [0.4, 0.5) is 11.4 Å². The molecule has 0 radical (unpaired) electrons. The van der Waals surface area contributed by atoms with Crippen LogP contribution in [-0.2, 0) is 0 Å². The van der Waals surface area contributed by atoms with Crippen molar-refractivity contribution in [2.45, 2.75) is 19.8 Å². The van der Waals surface area contributed by atoms with Crippen LogP contribution in [0, 0.1) is 17.4 Å². The molecule has 0 aliphatic carbocycles. The second-order valence-electron chi connectivity index (χ2n) is 5.56. The van der Waals surface area contributed by atoms with Crippen LogP contribution in [0.5, 0.6) is 0 Å². The summed E-state index contributed by atoms with van der Waals surface area (Å²) in [4.78, 5) is 18.0. The lowest BCUT2D eigenvalue weighted by Gasteiger charge is -2.33. The molecule has 1 saturated heterocycles. The van der Waals surface area contributed by atoms with E-state index in [4.69, 9.17) is 5.26 Å². The fraction of sp³-hybridized carbons (Fsp3) is 0.438. The topological polar surface area (TPSA) is 88.7 Å². The van der Waals surface area contributed by atoms with Crippen molar-refractivity contribution in [3.63, 3.8) is 0 Å². The van der Waals surface area contributed by atoms with Gasteiger partial charge in [-0.1, -0.05) is 18.7 Å². The minimum Gasteiger partial charge on any atom is -0.478 e. The first-order valence-electron chi connectivity index (χ1n) is 7.45. The van der Waals surface area contributed by atoms with Gasteiger partial charge in [-0.2, -0.15) is 5.26 Å². The SMILES string of the molecule is CSC(=Nc1ccc(N2CCCC(C)C2)c(C(=O)O)c1)NC#N. The highest BCUT2D eigenvalue weighted by Crippen LogP contribution is 2.30. The summed E-state index contributed by atoms with van der Waals surface area (Å²) in [5.74, 6) is -0.403. The van der Waals surface area contributed by atoms with Crippen molar-refractivity contribution in [3.8, 4) is 6.19 Å². The molecule has 23 heavy (non-hydrogen) atoms. The minimum absolute atomic E-state index is 0.248. The number of piperidine rings is 1. The Morgan fingerprint density at radius 2 is 2.35 bits per heavy atom. The molecule has 0 aromatic heterocycles. The first-order valence-corrected chi connectivity index (χ1v) is 8.67. The predicted molar refractivity (Wildman–Crippen MR) is 93.4 cm³/mol. The Hall–Kier alpha value is -2.20. The van der Waals surface area contributed by atoms with Gasteiger partial charge in [0.2, 0.25) is 0 Å². The number of anilines is 1. The lowest BCUT2D eigenvalue weighted by atomic mass is 9.98. The van der Waals surface area contributed by atoms with E-state index in [0.29, 0.717) is 16.8 Å². The van der Waals surface area contributed by atoms with Crippen LogP contribution < -0.4 is 10.2 Å². The normalized spacial score (nSPS) is 18.4. The maximum atomic E-state index is 11.6. The summed E-state index contributed by atoms with van der Waals surface area (Å²) in [6.45, 7) is 3.93. The second-order valence-corrected chi connectivity index (χ2v) is 6.35. The van der Waals surface area contributed by atoms with Crippen LogP contribution in [0.3, 0.4) is 0 Å². The Labute approximate surface area is 140 Å². The largest absolute Gasteiger partial charge is 0.478 e. The van der Waals surface area contributed by atoms with E-state index in [1.54, 1.807) is 18.4 Å². The molecule has 2 rings (SSSR count). The summed E-state index contributed by atoms with van der Waals surface area (Å²) in [5.41, 5.74) is 1.50. The summed E-state index contributed by atoms with van der Waals surface area (Å²) in [6.07, 6.45) is 5.87. The Balaban J connectivity index is 2.35. The number of amidine groups is 1. The van der Waals surface area contributed by atoms with E-state index in [0.717, 1.165) is 25.2 Å². The molecule has 0 amide bonds. The zero-order valence-electron chi connectivity index (χ0n) is 13.2. The molecule has 7 heteroatoms. The highest BCUT2D eigenvalue weighted by atomic mass is 32.2. The van der Waals surface area contributed by atoms with Crippen LogP contribution in [-0.4, -0.2) is 35.6 Å². The zero-order valence-corrected chi connectivity index (χ0v) is 14.1. The third-order valence-electron chi connectivity index (χ3n) is 3.80. The summed E-state index contributed by atoms with van der Waals surface area (Å²) >= 11 is 1.29. The van der Waals surface area contributed by atoms with Crippen LogP contribution in [0.25, 0.3) is 0 Å². The second kappa shape index (κ2) is 7.88. The number of nitriles is 1. The molecule has 1 unspecified atom stereocenters. The third kappa shape index (κ3) is 4.39. The number of rotatable bonds is 3. The maximum absolute atomic E-state index is 11.6. The van der Waals surface area contributed by atoms with Gasteiger partial charge in [-0.25, -0.2) is 9.79 Å². The molecule has 1 aromatic carbocycles. The van der Waals surface area contributed by atoms with Crippen molar-refractivity contribution in [3.05, 3.63) is 23.8 Å². The zero-order chi connectivity index (χ0) is 16.8. The average Bonchev–Trinajstić information content (AvgIpc) is 2.54. The number of nitrogens with zero attached hydrogens (tertiary/aromatic N) is 3. The standard InChI is InChI=1S/C16H20N4O2S/c1-11-4-3-7-20(9-11)14-6-5-12(8-13(14)15(21)22)19-16(23-2)18-10-17/h5-6,8,11H,3-4,7,9H2,1-2H3,(H,18,19)(H,21,22). The van der Waals surface area contributed by atoms with Crippen molar-refractivity contribution in [2.24, 2.45) is 10.9 Å². The van der Waals surface area contributed by atoms with E-state index in [2.05, 4.69) is 22.1 Å². The van der Waals surface area contributed by atoms with E-state index < -0.39 is 5.97 Å². The maximum Gasteiger partial charge on any atom is 0.337 e. The molecular weight excluding hydrogens is 312 g/mol. The number of nitrogens with one attached hydrogen (secondary N) is 1. The van der Waals surface area contributed by atoms with Crippen molar-refractivity contribution >= 4 is 34.3 Å². The Bertz CT molecular complexity index is 654. The van der Waals surface area contributed by atoms with Crippen molar-refractivity contribution in [2.75, 3.05) is 24.2 Å². The van der Waals surface area contributed by atoms with Crippen LogP contribution in [0.1, 0.15) is 30.1 Å². The number of benzene rings is 1. The Morgan fingerprint density at radius 1 is 1.57 bits per heavy atom. The molecular formula is C16H20N4O2S. The molecule has 0 spiro atoms. The van der Waals surface area contributed by atoms with E-state index in [-0.39, 0.29) is 5.56 Å². The lowest BCUT2D eigenvalue weighted by Crippen LogP contribution is -2.35. The van der Waals surface area contributed by atoms with Crippen LogP contribution in [0.15, 0.2) is 23.2 Å². The first kappa shape index (κ1) is 17.2. The van der Waals surface area contributed by atoms with Gasteiger partial charge in [0.25, 0.3) is 0 Å². The van der Waals surface area contributed by atoms with Gasteiger partial charge in [-0.05, 0) is 43.2 Å². The summed E-state index contributed by atoms with van der Waals surface area (Å²) in [5, 5.41) is 21.1. The molecule has 0 bridgehead atoms. The molecule has 1 fully saturated rings. The molecule has 6 nitrogen and oxygen atoms in total. The van der Waals surface area contributed by atoms with Crippen molar-refractivity contribution in [1.29, 1.82) is 5.26 Å². The average molecular weight is 332 g/mol. The van der Waals surface area contributed by atoms with E-state index >= 15 is 0 Å². The number of thioether (sulfide) groups is 1. The predicted octanol–water partition coefficient (Wildman–Crippen LogP) is 3.04. The number of carboxylic acid groups (broad SMARTS) is 1. The van der Waals surface area contributed by atoms with Gasteiger partial charge in [0.1, 0.15) is 0 Å². The molecule has 1 atom stereocenters. The fourth-order valence-corrected chi connectivity index (χ4v) is 3.08. The van der Waals surface area contributed by atoms with Gasteiger partial charge >= 0.3 is 5.97 Å². The van der Waals surface area contributed by atoms with Gasteiger partial charge in [-0.15, -0.1) is 0 Å². The highest BCUT2D eigenvalue weighted by Gasteiger charge is 2.21. The van der Waals surface area contributed by atoms with E-state index in [1.165, 1.54) is 18.2 Å². The van der Waals surface area contributed by atoms with Crippen LogP contribution >= 0.6 is 11.8 Å². The minimum atomic E-state index is -0.964. The van der Waals surface area contributed by atoms with Gasteiger partial charge < -0.3 is 10.0 Å². The highest BCUT2D eigenvalue weighted by molar-refractivity contribution is 8.13. The number of carboxylic acids is 1. The van der Waals surface area contributed by atoms with Gasteiger partial charge in [0.05, 0.1) is 16.9 Å². The lowest BCUT2D eigenvalue weighted by molar-refractivity contribution is 0.0697. The number of hydrogen-bond donors (Lipinski definition) is 2. The molecule has 122 valence electrons. The molecule has 2 N–H and O–H groups in total. The van der Waals surface area contributed by atoms with Gasteiger partial charge in [0.15, 0.2) is 11.4 Å². The Kier molecular flexibility index (Phi) is 5.88. The van der Waals surface area contributed by atoms with E-state index in [1.807, 2.05) is 12.3 Å². The molecule has 1 aromatic rings. The number of hydrogen-bond acceptors (Lipinski definition) is 5. The molecule has 1 aliphatic rings. The first-order chi connectivity index (χ1) is 11.0. The van der Waals surface area contributed by atoms with Crippen molar-refractivity contribution < 1.29 is 9.90 Å². The quantitative estimate of drug-likeness (QED) is 0.383. The van der Waals surface area contributed by atoms with Gasteiger partial charge in [-0.3, -0.25) is 5.32 Å². The summed E-state index contributed by atoms with van der Waals surface area (Å²) < 4.78 is 0. The molecule has 1 heterocycles. The molecule has 1 aliphatic heterocycles. The smallest absolute Gasteiger partial charge is 0.337 e. The van der Waals surface area contributed by atoms with Crippen molar-refractivity contribution in [1.82, 2.24) is 5.32 Å². The number of aliphatic imine (C=N–C) groups is 1. The summed E-state index contributed by atoms with van der Waals surface area (Å²) in [6, 6.07) is 5.16. The summed E-state index contributed by atoms with van der Waals surface area (Å²) in [7, 11) is 0.